The van der Waals surface area contributed by atoms with Gasteiger partial charge in [0.15, 0.2) is 0 Å². The SMILES string of the molecule is CC(CO)(CON)c1ccc(C(F)(F)F)cc1. The van der Waals surface area contributed by atoms with Crippen molar-refractivity contribution in [3.05, 3.63) is 35.4 Å². The van der Waals surface area contributed by atoms with Gasteiger partial charge >= 0.3 is 6.18 Å². The molecule has 96 valence electrons. The first kappa shape index (κ1) is 14.0. The Kier molecular flexibility index (Phi) is 4.13. The average molecular weight is 249 g/mol. The summed E-state index contributed by atoms with van der Waals surface area (Å²) in [5, 5.41) is 9.24. The van der Waals surface area contributed by atoms with Crippen molar-refractivity contribution in [2.24, 2.45) is 5.90 Å². The minimum absolute atomic E-state index is 0.0227. The minimum Gasteiger partial charge on any atom is -0.395 e. The van der Waals surface area contributed by atoms with Crippen LogP contribution in [0.2, 0.25) is 0 Å². The summed E-state index contributed by atoms with van der Waals surface area (Å²) in [5.41, 5.74) is -0.993. The molecule has 0 amide bonds. The topological polar surface area (TPSA) is 55.5 Å². The fourth-order valence-electron chi connectivity index (χ4n) is 1.47. The molecule has 0 heterocycles. The van der Waals surface area contributed by atoms with Gasteiger partial charge in [0.1, 0.15) is 0 Å². The third-order valence-electron chi connectivity index (χ3n) is 2.66. The highest BCUT2D eigenvalue weighted by Gasteiger charge is 2.32. The number of aliphatic hydroxyl groups excluding tert-OH is 1. The van der Waals surface area contributed by atoms with Crippen LogP contribution < -0.4 is 5.90 Å². The maximum atomic E-state index is 12.4. The van der Waals surface area contributed by atoms with Crippen molar-refractivity contribution in [1.29, 1.82) is 0 Å². The smallest absolute Gasteiger partial charge is 0.395 e. The molecule has 0 bridgehead atoms. The molecule has 0 aliphatic heterocycles. The molecule has 0 saturated heterocycles. The maximum Gasteiger partial charge on any atom is 0.416 e. The lowest BCUT2D eigenvalue weighted by Gasteiger charge is -2.26. The predicted molar refractivity (Wildman–Crippen MR) is 56.0 cm³/mol. The summed E-state index contributed by atoms with van der Waals surface area (Å²) >= 11 is 0. The fraction of sp³-hybridized carbons (Fsp3) is 0.455. The Hall–Kier alpha value is -1.11. The molecule has 0 fully saturated rings. The molecular formula is C11H14F3NO2. The van der Waals surface area contributed by atoms with E-state index in [0.29, 0.717) is 5.56 Å². The van der Waals surface area contributed by atoms with Crippen LogP contribution in [0.25, 0.3) is 0 Å². The van der Waals surface area contributed by atoms with Gasteiger partial charge in [0.25, 0.3) is 0 Å². The van der Waals surface area contributed by atoms with E-state index in [9.17, 15) is 18.3 Å². The second-order valence-electron chi connectivity index (χ2n) is 4.10. The molecule has 0 aliphatic rings. The van der Waals surface area contributed by atoms with Crippen LogP contribution in [0.1, 0.15) is 18.1 Å². The van der Waals surface area contributed by atoms with Crippen LogP contribution in [0.15, 0.2) is 24.3 Å². The van der Waals surface area contributed by atoms with E-state index in [1.54, 1.807) is 6.92 Å². The molecule has 17 heavy (non-hydrogen) atoms. The van der Waals surface area contributed by atoms with Crippen LogP contribution in [0.3, 0.4) is 0 Å². The molecule has 0 aliphatic carbocycles. The van der Waals surface area contributed by atoms with E-state index in [-0.39, 0.29) is 13.2 Å². The molecule has 1 aromatic rings. The van der Waals surface area contributed by atoms with Crippen LogP contribution in [-0.4, -0.2) is 18.3 Å². The highest BCUT2D eigenvalue weighted by atomic mass is 19.4. The summed E-state index contributed by atoms with van der Waals surface area (Å²) < 4.78 is 37.1. The lowest BCUT2D eigenvalue weighted by molar-refractivity contribution is -0.137. The van der Waals surface area contributed by atoms with Gasteiger partial charge in [0.05, 0.1) is 18.8 Å². The van der Waals surface area contributed by atoms with Gasteiger partial charge in [-0.05, 0) is 17.7 Å². The van der Waals surface area contributed by atoms with Crippen molar-refractivity contribution in [2.75, 3.05) is 13.2 Å². The first-order valence-corrected chi connectivity index (χ1v) is 4.94. The summed E-state index contributed by atoms with van der Waals surface area (Å²) in [6.45, 7) is 1.41. The monoisotopic (exact) mass is 249 g/mol. The van der Waals surface area contributed by atoms with Crippen LogP contribution in [0.5, 0.6) is 0 Å². The Morgan fingerprint density at radius 1 is 1.18 bits per heavy atom. The zero-order valence-corrected chi connectivity index (χ0v) is 9.29. The maximum absolute atomic E-state index is 12.4. The van der Waals surface area contributed by atoms with Crippen molar-refractivity contribution in [1.82, 2.24) is 0 Å². The van der Waals surface area contributed by atoms with E-state index >= 15 is 0 Å². The zero-order chi connectivity index (χ0) is 13.1. The van der Waals surface area contributed by atoms with E-state index in [4.69, 9.17) is 5.90 Å². The van der Waals surface area contributed by atoms with Gasteiger partial charge in [-0.2, -0.15) is 13.2 Å². The number of nitrogens with two attached hydrogens (primary N) is 1. The molecule has 6 heteroatoms. The first-order valence-electron chi connectivity index (χ1n) is 4.94. The highest BCUT2D eigenvalue weighted by molar-refractivity contribution is 5.30. The summed E-state index contributed by atoms with van der Waals surface area (Å²) in [6.07, 6.45) is -4.36. The van der Waals surface area contributed by atoms with Gasteiger partial charge in [-0.1, -0.05) is 19.1 Å². The number of hydrogen-bond acceptors (Lipinski definition) is 3. The van der Waals surface area contributed by atoms with Crippen LogP contribution in [-0.2, 0) is 16.4 Å². The fourth-order valence-corrected chi connectivity index (χ4v) is 1.47. The molecule has 1 unspecified atom stereocenters. The second-order valence-corrected chi connectivity index (χ2v) is 4.10. The number of benzene rings is 1. The number of rotatable bonds is 4. The number of alkyl halides is 3. The van der Waals surface area contributed by atoms with E-state index in [2.05, 4.69) is 4.84 Å². The molecule has 1 atom stereocenters. The minimum atomic E-state index is -4.36. The highest BCUT2D eigenvalue weighted by Crippen LogP contribution is 2.31. The summed E-state index contributed by atoms with van der Waals surface area (Å²) in [4.78, 5) is 4.47. The van der Waals surface area contributed by atoms with Gasteiger partial charge in [0, 0.05) is 5.41 Å². The molecule has 3 N–H and O–H groups in total. The van der Waals surface area contributed by atoms with E-state index in [0.717, 1.165) is 12.1 Å². The molecule has 0 aromatic heterocycles. The van der Waals surface area contributed by atoms with Crippen molar-refractivity contribution < 1.29 is 23.1 Å². The summed E-state index contributed by atoms with van der Waals surface area (Å²) in [6, 6.07) is 4.58. The lowest BCUT2D eigenvalue weighted by atomic mass is 9.84. The Balaban J connectivity index is 3.01. The Morgan fingerprint density at radius 3 is 2.00 bits per heavy atom. The Bertz CT molecular complexity index is 364. The second kappa shape index (κ2) is 5.03. The number of halogens is 3. The van der Waals surface area contributed by atoms with Crippen LogP contribution >= 0.6 is 0 Å². The van der Waals surface area contributed by atoms with Crippen LogP contribution in [0, 0.1) is 0 Å². The standard InChI is InChI=1S/C11H14F3NO2/c1-10(6-16,7-17-15)8-2-4-9(5-3-8)11(12,13)14/h2-5,16H,6-7,15H2,1H3. The van der Waals surface area contributed by atoms with Gasteiger partial charge in [-0.15, -0.1) is 0 Å². The van der Waals surface area contributed by atoms with E-state index < -0.39 is 17.2 Å². The molecule has 3 nitrogen and oxygen atoms in total. The number of aliphatic hydroxyl groups is 1. The molecule has 0 radical (unpaired) electrons. The Labute approximate surface area is 97.0 Å². The van der Waals surface area contributed by atoms with E-state index in [1.165, 1.54) is 12.1 Å². The third-order valence-corrected chi connectivity index (χ3v) is 2.66. The van der Waals surface area contributed by atoms with Crippen molar-refractivity contribution in [2.45, 2.75) is 18.5 Å². The molecule has 1 aromatic carbocycles. The largest absolute Gasteiger partial charge is 0.416 e. The molecular weight excluding hydrogens is 235 g/mol. The third kappa shape index (κ3) is 3.18. The zero-order valence-electron chi connectivity index (χ0n) is 9.29. The van der Waals surface area contributed by atoms with Crippen molar-refractivity contribution >= 4 is 0 Å². The molecule has 1 rings (SSSR count). The Morgan fingerprint density at radius 2 is 1.65 bits per heavy atom. The van der Waals surface area contributed by atoms with Crippen LogP contribution in [0.4, 0.5) is 13.2 Å². The summed E-state index contributed by atoms with van der Waals surface area (Å²) in [7, 11) is 0. The number of hydrogen-bond donors (Lipinski definition) is 2. The normalized spacial score (nSPS) is 15.6. The average Bonchev–Trinajstić information content (AvgIpc) is 2.28. The van der Waals surface area contributed by atoms with Gasteiger partial charge in [-0.3, -0.25) is 0 Å². The first-order chi connectivity index (χ1) is 7.83. The van der Waals surface area contributed by atoms with Crippen molar-refractivity contribution in [3.8, 4) is 0 Å². The predicted octanol–water partition coefficient (Wildman–Crippen LogP) is 1.85. The molecule has 0 spiro atoms. The molecule has 0 saturated carbocycles. The lowest BCUT2D eigenvalue weighted by Crippen LogP contribution is -2.33. The van der Waals surface area contributed by atoms with Crippen molar-refractivity contribution in [3.63, 3.8) is 0 Å². The summed E-state index contributed by atoms with van der Waals surface area (Å²) in [5.74, 6) is 4.94. The van der Waals surface area contributed by atoms with Gasteiger partial charge in [0.2, 0.25) is 0 Å². The van der Waals surface area contributed by atoms with E-state index in [1.807, 2.05) is 0 Å². The van der Waals surface area contributed by atoms with Gasteiger partial charge < -0.3 is 9.94 Å². The quantitative estimate of drug-likeness (QED) is 0.801. The van der Waals surface area contributed by atoms with Gasteiger partial charge in [-0.25, -0.2) is 5.90 Å².